The van der Waals surface area contributed by atoms with Crippen molar-refractivity contribution in [2.75, 3.05) is 25.5 Å². The van der Waals surface area contributed by atoms with Crippen LogP contribution in [0.15, 0.2) is 22.7 Å². The smallest absolute Gasteiger partial charge is 0.123 e. The van der Waals surface area contributed by atoms with Gasteiger partial charge in [0.1, 0.15) is 5.75 Å². The molecule has 0 bridgehead atoms. The van der Waals surface area contributed by atoms with E-state index in [1.807, 2.05) is 12.1 Å². The van der Waals surface area contributed by atoms with Crippen molar-refractivity contribution in [1.82, 2.24) is 4.90 Å². The molecule has 1 saturated heterocycles. The van der Waals surface area contributed by atoms with Crippen molar-refractivity contribution >= 4 is 31.9 Å². The first-order chi connectivity index (χ1) is 8.72. The van der Waals surface area contributed by atoms with Gasteiger partial charge in [-0.15, -0.1) is 0 Å². The molecule has 0 spiro atoms. The molecule has 1 aromatic carbocycles. The van der Waals surface area contributed by atoms with Crippen LogP contribution in [0.25, 0.3) is 0 Å². The fourth-order valence-electron chi connectivity index (χ4n) is 2.56. The van der Waals surface area contributed by atoms with E-state index in [2.05, 4.69) is 42.8 Å². The van der Waals surface area contributed by atoms with Crippen LogP contribution in [0.1, 0.15) is 18.4 Å². The SMILES string of the molecule is COc1ccc(Br)cc1CN1CCC(CCBr)C1. The molecule has 1 heterocycles. The van der Waals surface area contributed by atoms with Crippen LogP contribution in [0.3, 0.4) is 0 Å². The summed E-state index contributed by atoms with van der Waals surface area (Å²) in [7, 11) is 1.74. The van der Waals surface area contributed by atoms with Crippen molar-refractivity contribution < 1.29 is 4.74 Å². The Bertz CT molecular complexity index is 397. The Labute approximate surface area is 126 Å². The lowest BCUT2D eigenvalue weighted by atomic mass is 10.1. The number of likely N-dealkylation sites (tertiary alicyclic amines) is 1. The van der Waals surface area contributed by atoms with Gasteiger partial charge in [0.05, 0.1) is 7.11 Å². The second kappa shape index (κ2) is 6.92. The monoisotopic (exact) mass is 375 g/mol. The summed E-state index contributed by atoms with van der Waals surface area (Å²) in [5.74, 6) is 1.84. The number of nitrogens with zero attached hydrogens (tertiary/aromatic N) is 1. The minimum atomic E-state index is 0.850. The Kier molecular flexibility index (Phi) is 5.52. The molecule has 0 radical (unpaired) electrons. The van der Waals surface area contributed by atoms with Crippen LogP contribution in [0.5, 0.6) is 5.75 Å². The number of methoxy groups -OCH3 is 1. The average Bonchev–Trinajstić information content (AvgIpc) is 2.77. The van der Waals surface area contributed by atoms with Gasteiger partial charge in [-0.1, -0.05) is 31.9 Å². The number of alkyl halides is 1. The van der Waals surface area contributed by atoms with Crippen molar-refractivity contribution in [3.05, 3.63) is 28.2 Å². The standard InChI is InChI=1S/C14H19Br2NO/c1-18-14-3-2-13(16)8-12(14)10-17-7-5-11(9-17)4-6-15/h2-3,8,11H,4-7,9-10H2,1H3. The zero-order valence-electron chi connectivity index (χ0n) is 10.7. The molecule has 1 aliphatic rings. The van der Waals surface area contributed by atoms with Gasteiger partial charge >= 0.3 is 0 Å². The first-order valence-electron chi connectivity index (χ1n) is 6.33. The van der Waals surface area contributed by atoms with Gasteiger partial charge in [-0.05, 0) is 43.5 Å². The molecule has 100 valence electrons. The van der Waals surface area contributed by atoms with Gasteiger partial charge in [0.25, 0.3) is 0 Å². The van der Waals surface area contributed by atoms with Crippen molar-refractivity contribution in [1.29, 1.82) is 0 Å². The van der Waals surface area contributed by atoms with Crippen LogP contribution in [0.2, 0.25) is 0 Å². The molecule has 1 unspecified atom stereocenters. The van der Waals surface area contributed by atoms with Gasteiger partial charge in [-0.3, -0.25) is 4.90 Å². The number of benzene rings is 1. The molecule has 2 rings (SSSR count). The minimum absolute atomic E-state index is 0.850. The molecule has 0 amide bonds. The number of hydrogen-bond donors (Lipinski definition) is 0. The summed E-state index contributed by atoms with van der Waals surface area (Å²) in [5.41, 5.74) is 1.27. The highest BCUT2D eigenvalue weighted by atomic mass is 79.9. The summed E-state index contributed by atoms with van der Waals surface area (Å²) >= 11 is 7.07. The van der Waals surface area contributed by atoms with E-state index >= 15 is 0 Å². The summed E-state index contributed by atoms with van der Waals surface area (Å²) in [6.07, 6.45) is 2.61. The third-order valence-corrected chi connectivity index (χ3v) is 4.47. The van der Waals surface area contributed by atoms with E-state index < -0.39 is 0 Å². The zero-order valence-corrected chi connectivity index (χ0v) is 13.8. The Morgan fingerprint density at radius 2 is 2.28 bits per heavy atom. The third kappa shape index (κ3) is 3.72. The number of hydrogen-bond acceptors (Lipinski definition) is 2. The van der Waals surface area contributed by atoms with E-state index in [-0.39, 0.29) is 0 Å². The van der Waals surface area contributed by atoms with Crippen LogP contribution in [-0.2, 0) is 6.54 Å². The van der Waals surface area contributed by atoms with Crippen LogP contribution in [0.4, 0.5) is 0 Å². The van der Waals surface area contributed by atoms with Crippen molar-refractivity contribution in [2.45, 2.75) is 19.4 Å². The van der Waals surface area contributed by atoms with Gasteiger partial charge in [0.2, 0.25) is 0 Å². The summed E-state index contributed by atoms with van der Waals surface area (Å²) in [6.45, 7) is 3.40. The van der Waals surface area contributed by atoms with Crippen molar-refractivity contribution in [3.8, 4) is 5.75 Å². The van der Waals surface area contributed by atoms with E-state index in [1.54, 1.807) is 7.11 Å². The van der Waals surface area contributed by atoms with Gasteiger partial charge in [-0.2, -0.15) is 0 Å². The fourth-order valence-corrected chi connectivity index (χ4v) is 3.61. The van der Waals surface area contributed by atoms with Gasteiger partial charge in [-0.25, -0.2) is 0 Å². The quantitative estimate of drug-likeness (QED) is 0.718. The third-order valence-electron chi connectivity index (χ3n) is 3.52. The van der Waals surface area contributed by atoms with Gasteiger partial charge < -0.3 is 4.74 Å². The molecule has 2 nitrogen and oxygen atoms in total. The summed E-state index contributed by atoms with van der Waals surface area (Å²) < 4.78 is 6.55. The normalized spacial score (nSPS) is 20.3. The predicted molar refractivity (Wildman–Crippen MR) is 82.5 cm³/mol. The Morgan fingerprint density at radius 1 is 1.44 bits per heavy atom. The topological polar surface area (TPSA) is 12.5 Å². The molecular weight excluding hydrogens is 358 g/mol. The first-order valence-corrected chi connectivity index (χ1v) is 8.25. The molecule has 1 fully saturated rings. The molecule has 1 aromatic rings. The Balaban J connectivity index is 1.99. The molecule has 1 atom stereocenters. The average molecular weight is 377 g/mol. The molecule has 18 heavy (non-hydrogen) atoms. The highest BCUT2D eigenvalue weighted by molar-refractivity contribution is 9.10. The predicted octanol–water partition coefficient (Wildman–Crippen LogP) is 4.06. The van der Waals surface area contributed by atoms with E-state index in [0.29, 0.717) is 0 Å². The fraction of sp³-hybridized carbons (Fsp3) is 0.571. The highest BCUT2D eigenvalue weighted by Crippen LogP contribution is 2.27. The largest absolute Gasteiger partial charge is 0.496 e. The van der Waals surface area contributed by atoms with E-state index in [0.717, 1.165) is 28.0 Å². The molecule has 0 aromatic heterocycles. The van der Waals surface area contributed by atoms with Crippen molar-refractivity contribution in [2.24, 2.45) is 5.92 Å². The van der Waals surface area contributed by atoms with E-state index in [1.165, 1.54) is 31.5 Å². The lowest BCUT2D eigenvalue weighted by Crippen LogP contribution is -2.20. The molecule has 0 N–H and O–H groups in total. The van der Waals surface area contributed by atoms with E-state index in [4.69, 9.17) is 4.74 Å². The van der Waals surface area contributed by atoms with Crippen molar-refractivity contribution in [3.63, 3.8) is 0 Å². The van der Waals surface area contributed by atoms with Crippen LogP contribution >= 0.6 is 31.9 Å². The number of rotatable bonds is 5. The summed E-state index contributed by atoms with van der Waals surface area (Å²) in [4.78, 5) is 2.53. The molecule has 4 heteroatoms. The molecule has 0 aliphatic carbocycles. The maximum Gasteiger partial charge on any atom is 0.123 e. The van der Waals surface area contributed by atoms with Crippen LogP contribution in [0, 0.1) is 5.92 Å². The number of halogens is 2. The van der Waals surface area contributed by atoms with Gasteiger partial charge in [0.15, 0.2) is 0 Å². The molecule has 0 saturated carbocycles. The first kappa shape index (κ1) is 14.4. The zero-order chi connectivity index (χ0) is 13.0. The summed E-state index contributed by atoms with van der Waals surface area (Å²) in [6, 6.07) is 6.22. The minimum Gasteiger partial charge on any atom is -0.496 e. The highest BCUT2D eigenvalue weighted by Gasteiger charge is 2.22. The van der Waals surface area contributed by atoms with Crippen LogP contribution < -0.4 is 4.74 Å². The Hall–Kier alpha value is -0.0600. The second-order valence-corrected chi connectivity index (χ2v) is 6.53. The molecular formula is C14H19Br2NO. The maximum absolute atomic E-state index is 5.43. The number of ether oxygens (including phenoxy) is 1. The lowest BCUT2D eigenvalue weighted by molar-refractivity contribution is 0.307. The van der Waals surface area contributed by atoms with E-state index in [9.17, 15) is 0 Å². The second-order valence-electron chi connectivity index (χ2n) is 4.82. The summed E-state index contributed by atoms with van der Waals surface area (Å²) in [5, 5.41) is 1.12. The van der Waals surface area contributed by atoms with Crippen LogP contribution in [-0.4, -0.2) is 30.4 Å². The van der Waals surface area contributed by atoms with Gasteiger partial charge in [0, 0.05) is 28.5 Å². The lowest BCUT2D eigenvalue weighted by Gasteiger charge is -2.18. The maximum atomic E-state index is 5.43. The Morgan fingerprint density at radius 3 is 3.00 bits per heavy atom. The molecule has 1 aliphatic heterocycles.